The van der Waals surface area contributed by atoms with Crippen molar-refractivity contribution in [3.8, 4) is 22.8 Å². The summed E-state index contributed by atoms with van der Waals surface area (Å²) in [5.41, 5.74) is 2.30. The number of carbonyl (C=O) groups is 1. The molecular formula is C23H20FN3O3S. The van der Waals surface area contributed by atoms with Crippen LogP contribution in [0.1, 0.15) is 5.56 Å². The molecule has 6 nitrogen and oxygen atoms in total. The van der Waals surface area contributed by atoms with Crippen LogP contribution in [0.2, 0.25) is 0 Å². The number of rotatable bonds is 8. The Labute approximate surface area is 182 Å². The molecule has 4 aromatic rings. The van der Waals surface area contributed by atoms with Crippen LogP contribution in [0.25, 0.3) is 16.2 Å². The first-order valence-corrected chi connectivity index (χ1v) is 10.4. The van der Waals surface area contributed by atoms with Crippen molar-refractivity contribution in [2.45, 2.75) is 6.42 Å². The number of methoxy groups -OCH3 is 1. The standard InChI is InChI=1S/C23H20FN3O3S/c1-3-4-15-5-10-18(19(13-15)29-2)30-14-20(28)25-22-21(16-6-8-17(24)9-7-16)26-23-27(22)11-12-31-23/h3,5-13H,1,4,14H2,2H3,(H,25,28). The highest BCUT2D eigenvalue weighted by atomic mass is 32.1. The first-order valence-electron chi connectivity index (χ1n) is 9.51. The van der Waals surface area contributed by atoms with Gasteiger partial charge in [-0.25, -0.2) is 9.37 Å². The van der Waals surface area contributed by atoms with Gasteiger partial charge in [-0.1, -0.05) is 12.1 Å². The molecule has 0 saturated carbocycles. The topological polar surface area (TPSA) is 64.9 Å². The fourth-order valence-corrected chi connectivity index (χ4v) is 3.86. The van der Waals surface area contributed by atoms with E-state index >= 15 is 0 Å². The summed E-state index contributed by atoms with van der Waals surface area (Å²) in [6.45, 7) is 3.52. The van der Waals surface area contributed by atoms with Gasteiger partial charge >= 0.3 is 0 Å². The molecule has 0 aliphatic carbocycles. The van der Waals surface area contributed by atoms with Crippen LogP contribution in [0.3, 0.4) is 0 Å². The van der Waals surface area contributed by atoms with Crippen LogP contribution >= 0.6 is 11.3 Å². The summed E-state index contributed by atoms with van der Waals surface area (Å²) in [5.74, 6) is 0.831. The second kappa shape index (κ2) is 9.01. The molecule has 1 amide bonds. The highest BCUT2D eigenvalue weighted by Crippen LogP contribution is 2.31. The molecule has 8 heteroatoms. The predicted molar refractivity (Wildman–Crippen MR) is 119 cm³/mol. The summed E-state index contributed by atoms with van der Waals surface area (Å²) >= 11 is 1.44. The second-order valence-corrected chi connectivity index (χ2v) is 7.56. The first-order chi connectivity index (χ1) is 15.1. The van der Waals surface area contributed by atoms with Gasteiger partial charge < -0.3 is 14.8 Å². The van der Waals surface area contributed by atoms with E-state index < -0.39 is 0 Å². The zero-order valence-corrected chi connectivity index (χ0v) is 17.6. The van der Waals surface area contributed by atoms with Crippen LogP contribution < -0.4 is 14.8 Å². The maximum absolute atomic E-state index is 13.3. The average Bonchev–Trinajstić information content (AvgIpc) is 3.36. The van der Waals surface area contributed by atoms with Gasteiger partial charge in [0.2, 0.25) is 0 Å². The van der Waals surface area contributed by atoms with Crippen molar-refractivity contribution in [3.63, 3.8) is 0 Å². The Hall–Kier alpha value is -3.65. The molecule has 0 radical (unpaired) electrons. The maximum Gasteiger partial charge on any atom is 0.263 e. The molecule has 2 heterocycles. The van der Waals surface area contributed by atoms with Crippen molar-refractivity contribution in [2.75, 3.05) is 19.0 Å². The van der Waals surface area contributed by atoms with E-state index in [1.54, 1.807) is 35.8 Å². The Morgan fingerprint density at radius 1 is 1.26 bits per heavy atom. The van der Waals surface area contributed by atoms with Gasteiger partial charge in [0.05, 0.1) is 7.11 Å². The van der Waals surface area contributed by atoms with E-state index in [4.69, 9.17) is 9.47 Å². The Bertz CT molecular complexity index is 1230. The van der Waals surface area contributed by atoms with Crippen LogP contribution in [0.4, 0.5) is 10.2 Å². The van der Waals surface area contributed by atoms with Crippen LogP contribution in [-0.2, 0) is 11.2 Å². The lowest BCUT2D eigenvalue weighted by atomic mass is 10.1. The van der Waals surface area contributed by atoms with Crippen molar-refractivity contribution in [2.24, 2.45) is 0 Å². The number of thiazole rings is 1. The van der Waals surface area contributed by atoms with Gasteiger partial charge in [-0.2, -0.15) is 0 Å². The number of aromatic nitrogens is 2. The molecule has 158 valence electrons. The lowest BCUT2D eigenvalue weighted by Gasteiger charge is -2.12. The number of hydrogen-bond acceptors (Lipinski definition) is 5. The minimum Gasteiger partial charge on any atom is -0.493 e. The van der Waals surface area contributed by atoms with E-state index in [1.165, 1.54) is 23.5 Å². The number of carbonyl (C=O) groups excluding carboxylic acids is 1. The molecule has 0 fully saturated rings. The minimum atomic E-state index is -0.353. The molecule has 0 unspecified atom stereocenters. The van der Waals surface area contributed by atoms with Crippen LogP contribution in [0.15, 0.2) is 66.7 Å². The fraction of sp³-hybridized carbons (Fsp3) is 0.130. The number of nitrogens with one attached hydrogen (secondary N) is 1. The van der Waals surface area contributed by atoms with E-state index in [2.05, 4.69) is 16.9 Å². The van der Waals surface area contributed by atoms with Crippen LogP contribution in [-0.4, -0.2) is 29.0 Å². The third-order valence-corrected chi connectivity index (χ3v) is 5.36. The minimum absolute atomic E-state index is 0.211. The second-order valence-electron chi connectivity index (χ2n) is 6.69. The van der Waals surface area contributed by atoms with Crippen molar-refractivity contribution in [3.05, 3.63) is 78.1 Å². The molecule has 0 atom stereocenters. The summed E-state index contributed by atoms with van der Waals surface area (Å²) in [4.78, 5) is 18.0. The number of benzene rings is 2. The Kier molecular flexibility index (Phi) is 5.99. The molecule has 0 saturated heterocycles. The third kappa shape index (κ3) is 4.44. The summed E-state index contributed by atoms with van der Waals surface area (Å²) < 4.78 is 26.2. The van der Waals surface area contributed by atoms with Gasteiger partial charge in [-0.05, 0) is 48.4 Å². The highest BCUT2D eigenvalue weighted by Gasteiger charge is 2.18. The highest BCUT2D eigenvalue weighted by molar-refractivity contribution is 7.15. The van der Waals surface area contributed by atoms with Gasteiger partial charge in [0.25, 0.3) is 5.91 Å². The van der Waals surface area contributed by atoms with E-state index in [-0.39, 0.29) is 18.3 Å². The summed E-state index contributed by atoms with van der Waals surface area (Å²) in [5, 5.41) is 4.74. The normalized spacial score (nSPS) is 10.8. The first kappa shape index (κ1) is 20.6. The molecule has 0 bridgehead atoms. The predicted octanol–water partition coefficient (Wildman–Crippen LogP) is 4.96. The molecule has 4 rings (SSSR count). The maximum atomic E-state index is 13.3. The number of amides is 1. The number of fused-ring (bicyclic) bond motifs is 1. The van der Waals surface area contributed by atoms with E-state index in [9.17, 15) is 9.18 Å². The summed E-state index contributed by atoms with van der Waals surface area (Å²) in [7, 11) is 1.55. The lowest BCUT2D eigenvalue weighted by molar-refractivity contribution is -0.118. The molecule has 31 heavy (non-hydrogen) atoms. The molecule has 0 spiro atoms. The average molecular weight is 437 g/mol. The molecule has 2 aromatic carbocycles. The zero-order chi connectivity index (χ0) is 21.8. The monoisotopic (exact) mass is 437 g/mol. The summed E-state index contributed by atoms with van der Waals surface area (Å²) in [6, 6.07) is 11.5. The van der Waals surface area contributed by atoms with Gasteiger partial charge in [-0.3, -0.25) is 9.20 Å². The molecule has 1 N–H and O–H groups in total. The van der Waals surface area contributed by atoms with Gasteiger partial charge in [0, 0.05) is 17.1 Å². The smallest absolute Gasteiger partial charge is 0.263 e. The molecule has 2 aromatic heterocycles. The van der Waals surface area contributed by atoms with Crippen molar-refractivity contribution < 1.29 is 18.7 Å². The number of anilines is 1. The van der Waals surface area contributed by atoms with Crippen molar-refractivity contribution in [1.29, 1.82) is 0 Å². The zero-order valence-electron chi connectivity index (χ0n) is 16.8. The third-order valence-electron chi connectivity index (χ3n) is 4.60. The van der Waals surface area contributed by atoms with Gasteiger partial charge in [0.1, 0.15) is 17.3 Å². The van der Waals surface area contributed by atoms with E-state index in [1.807, 2.05) is 23.7 Å². The molecule has 0 aliphatic heterocycles. The number of hydrogen-bond donors (Lipinski definition) is 1. The number of imidazole rings is 1. The number of halogens is 1. The van der Waals surface area contributed by atoms with Crippen molar-refractivity contribution >= 4 is 28.0 Å². The Balaban J connectivity index is 1.53. The molecular weight excluding hydrogens is 417 g/mol. The Morgan fingerprint density at radius 2 is 2.06 bits per heavy atom. The quantitative estimate of drug-likeness (QED) is 0.396. The lowest BCUT2D eigenvalue weighted by Crippen LogP contribution is -2.21. The van der Waals surface area contributed by atoms with Crippen molar-refractivity contribution in [1.82, 2.24) is 9.38 Å². The SMILES string of the molecule is C=CCc1ccc(OCC(=O)Nc2c(-c3ccc(F)cc3)nc3sccn23)c(OC)c1. The fourth-order valence-electron chi connectivity index (χ4n) is 3.15. The van der Waals surface area contributed by atoms with Gasteiger partial charge in [-0.15, -0.1) is 17.9 Å². The van der Waals surface area contributed by atoms with Crippen LogP contribution in [0.5, 0.6) is 11.5 Å². The van der Waals surface area contributed by atoms with Crippen LogP contribution in [0, 0.1) is 5.82 Å². The largest absolute Gasteiger partial charge is 0.493 e. The van der Waals surface area contributed by atoms with Gasteiger partial charge in [0.15, 0.2) is 23.1 Å². The number of nitrogens with zero attached hydrogens (tertiary/aromatic N) is 2. The Morgan fingerprint density at radius 3 is 2.81 bits per heavy atom. The molecule has 0 aliphatic rings. The number of ether oxygens (including phenoxy) is 2. The van der Waals surface area contributed by atoms with E-state index in [0.29, 0.717) is 35.0 Å². The van der Waals surface area contributed by atoms with E-state index in [0.717, 1.165) is 10.5 Å². The number of allylic oxidation sites excluding steroid dienone is 1. The summed E-state index contributed by atoms with van der Waals surface area (Å²) in [6.07, 6.45) is 4.33.